The standard InChI is InChI=1S/C50H31NOS/c1-2-10-32(11-3-1)34-20-22-37(23-21-34)51(39-24-26-42-41-15-8-9-17-48(41)53-49(42)30-39)38-25-27-46-45(29-38)50-43-16-7-6-14-40(43)44(31-47(50)52-46)36-19-18-33-12-4-5-13-35(33)28-36/h1-31H. The van der Waals surface area contributed by atoms with Crippen molar-refractivity contribution in [2.45, 2.75) is 0 Å². The first-order chi connectivity index (χ1) is 26.2. The molecule has 0 saturated carbocycles. The zero-order chi connectivity index (χ0) is 34.9. The summed E-state index contributed by atoms with van der Waals surface area (Å²) in [4.78, 5) is 2.38. The second-order valence-corrected chi connectivity index (χ2v) is 14.8. The lowest BCUT2D eigenvalue weighted by atomic mass is 9.93. The molecule has 0 aliphatic rings. The second kappa shape index (κ2) is 11.9. The van der Waals surface area contributed by atoms with Gasteiger partial charge in [-0.2, -0.15) is 0 Å². The van der Waals surface area contributed by atoms with E-state index in [4.69, 9.17) is 4.42 Å². The van der Waals surface area contributed by atoms with Crippen LogP contribution >= 0.6 is 11.3 Å². The molecule has 2 heterocycles. The van der Waals surface area contributed by atoms with Gasteiger partial charge in [-0.15, -0.1) is 11.3 Å². The minimum atomic E-state index is 0.879. The van der Waals surface area contributed by atoms with E-state index in [-0.39, 0.29) is 0 Å². The predicted octanol–water partition coefficient (Wildman–Crippen LogP) is 15.1. The predicted molar refractivity (Wildman–Crippen MR) is 227 cm³/mol. The number of hydrogen-bond donors (Lipinski definition) is 0. The lowest BCUT2D eigenvalue weighted by Crippen LogP contribution is -2.09. The molecular weight excluding hydrogens is 663 g/mol. The van der Waals surface area contributed by atoms with Crippen LogP contribution in [-0.4, -0.2) is 0 Å². The lowest BCUT2D eigenvalue weighted by molar-refractivity contribution is 0.669. The maximum atomic E-state index is 6.70. The molecule has 2 nitrogen and oxygen atoms in total. The average Bonchev–Trinajstić information content (AvgIpc) is 3.79. The summed E-state index contributed by atoms with van der Waals surface area (Å²) in [5, 5.41) is 9.71. The molecule has 0 atom stereocenters. The van der Waals surface area contributed by atoms with E-state index in [1.54, 1.807) is 0 Å². The van der Waals surface area contributed by atoms with Crippen LogP contribution in [0.1, 0.15) is 0 Å². The molecule has 0 amide bonds. The van der Waals surface area contributed by atoms with E-state index in [0.29, 0.717) is 0 Å². The van der Waals surface area contributed by atoms with Crippen molar-refractivity contribution in [3.8, 4) is 22.3 Å². The molecule has 0 aliphatic heterocycles. The van der Waals surface area contributed by atoms with Crippen molar-refractivity contribution < 1.29 is 4.42 Å². The first-order valence-electron chi connectivity index (χ1n) is 18.0. The van der Waals surface area contributed by atoms with E-state index in [1.165, 1.54) is 64.0 Å². The molecule has 248 valence electrons. The molecule has 0 N–H and O–H groups in total. The number of nitrogens with zero attached hydrogens (tertiary/aromatic N) is 1. The van der Waals surface area contributed by atoms with Crippen molar-refractivity contribution in [3.63, 3.8) is 0 Å². The van der Waals surface area contributed by atoms with Gasteiger partial charge in [-0.3, -0.25) is 0 Å². The molecule has 11 aromatic rings. The quantitative estimate of drug-likeness (QED) is 0.178. The summed E-state index contributed by atoms with van der Waals surface area (Å²) in [5.41, 5.74) is 9.83. The van der Waals surface area contributed by atoms with Crippen LogP contribution in [0.15, 0.2) is 192 Å². The Morgan fingerprint density at radius 2 is 1.00 bits per heavy atom. The first-order valence-corrected chi connectivity index (χ1v) is 18.8. The fourth-order valence-electron chi connectivity index (χ4n) is 8.10. The number of benzene rings is 9. The summed E-state index contributed by atoms with van der Waals surface area (Å²) < 4.78 is 9.28. The summed E-state index contributed by atoms with van der Waals surface area (Å²) in [5.74, 6) is 0. The van der Waals surface area contributed by atoms with Gasteiger partial charge in [0.25, 0.3) is 0 Å². The third-order valence-electron chi connectivity index (χ3n) is 10.6. The smallest absolute Gasteiger partial charge is 0.136 e. The highest BCUT2D eigenvalue weighted by Gasteiger charge is 2.20. The van der Waals surface area contributed by atoms with Gasteiger partial charge in [0.1, 0.15) is 11.2 Å². The lowest BCUT2D eigenvalue weighted by Gasteiger charge is -2.26. The molecule has 0 aliphatic carbocycles. The Morgan fingerprint density at radius 1 is 0.358 bits per heavy atom. The van der Waals surface area contributed by atoms with E-state index in [1.807, 2.05) is 11.3 Å². The van der Waals surface area contributed by atoms with E-state index < -0.39 is 0 Å². The summed E-state index contributed by atoms with van der Waals surface area (Å²) in [6.45, 7) is 0. The third-order valence-corrected chi connectivity index (χ3v) is 11.8. The van der Waals surface area contributed by atoms with Gasteiger partial charge in [0, 0.05) is 48.0 Å². The summed E-state index contributed by atoms with van der Waals surface area (Å²) in [6, 6.07) is 68.0. The van der Waals surface area contributed by atoms with Crippen LogP contribution in [0.4, 0.5) is 17.1 Å². The Kier molecular flexibility index (Phi) is 6.76. The van der Waals surface area contributed by atoms with Gasteiger partial charge < -0.3 is 9.32 Å². The van der Waals surface area contributed by atoms with E-state index in [0.717, 1.165) is 39.0 Å². The highest BCUT2D eigenvalue weighted by Crippen LogP contribution is 2.45. The highest BCUT2D eigenvalue weighted by atomic mass is 32.1. The van der Waals surface area contributed by atoms with Crippen LogP contribution in [0.5, 0.6) is 0 Å². The van der Waals surface area contributed by atoms with Crippen molar-refractivity contribution in [2.24, 2.45) is 0 Å². The minimum absolute atomic E-state index is 0.879. The third kappa shape index (κ3) is 4.93. The zero-order valence-corrected chi connectivity index (χ0v) is 29.5. The van der Waals surface area contributed by atoms with Gasteiger partial charge in [-0.25, -0.2) is 0 Å². The molecule has 0 saturated heterocycles. The molecule has 2 aromatic heterocycles. The molecule has 9 aromatic carbocycles. The number of furan rings is 1. The number of anilines is 3. The van der Waals surface area contributed by atoms with Crippen LogP contribution in [0.3, 0.4) is 0 Å². The molecule has 0 unspecified atom stereocenters. The van der Waals surface area contributed by atoms with E-state index >= 15 is 0 Å². The number of rotatable bonds is 5. The van der Waals surface area contributed by atoms with Gasteiger partial charge in [-0.1, -0.05) is 127 Å². The van der Waals surface area contributed by atoms with Crippen molar-refractivity contribution in [1.29, 1.82) is 0 Å². The SMILES string of the molecule is c1ccc(-c2ccc(N(c3ccc4c(c3)sc3ccccc34)c3ccc4oc5cc(-c6ccc7ccccc7c6)c6ccccc6c5c4c3)cc2)cc1. The molecule has 3 heteroatoms. The normalized spacial score (nSPS) is 11.8. The molecule has 0 bridgehead atoms. The number of fused-ring (bicyclic) bond motifs is 9. The van der Waals surface area contributed by atoms with E-state index in [9.17, 15) is 0 Å². The summed E-state index contributed by atoms with van der Waals surface area (Å²) in [6.07, 6.45) is 0. The second-order valence-electron chi connectivity index (χ2n) is 13.7. The van der Waals surface area contributed by atoms with Crippen molar-refractivity contribution >= 4 is 92.1 Å². The minimum Gasteiger partial charge on any atom is -0.456 e. The molecule has 11 rings (SSSR count). The van der Waals surface area contributed by atoms with Crippen molar-refractivity contribution in [3.05, 3.63) is 188 Å². The zero-order valence-electron chi connectivity index (χ0n) is 28.7. The topological polar surface area (TPSA) is 16.4 Å². The maximum Gasteiger partial charge on any atom is 0.136 e. The monoisotopic (exact) mass is 693 g/mol. The summed E-state index contributed by atoms with van der Waals surface area (Å²) >= 11 is 1.85. The van der Waals surface area contributed by atoms with Crippen LogP contribution < -0.4 is 4.90 Å². The van der Waals surface area contributed by atoms with Crippen LogP contribution in [0.25, 0.3) is 85.9 Å². The van der Waals surface area contributed by atoms with Crippen LogP contribution in [-0.2, 0) is 0 Å². The van der Waals surface area contributed by atoms with Gasteiger partial charge >= 0.3 is 0 Å². The average molecular weight is 694 g/mol. The largest absolute Gasteiger partial charge is 0.456 e. The molecule has 53 heavy (non-hydrogen) atoms. The van der Waals surface area contributed by atoms with E-state index in [2.05, 4.69) is 193 Å². The Bertz CT molecular complexity index is 3170. The van der Waals surface area contributed by atoms with Gasteiger partial charge in [0.2, 0.25) is 0 Å². The van der Waals surface area contributed by atoms with Crippen molar-refractivity contribution in [1.82, 2.24) is 0 Å². The Hall–Kier alpha value is -6.68. The molecule has 0 spiro atoms. The molecule has 0 radical (unpaired) electrons. The molecule has 0 fully saturated rings. The highest BCUT2D eigenvalue weighted by molar-refractivity contribution is 7.25. The van der Waals surface area contributed by atoms with Crippen LogP contribution in [0.2, 0.25) is 0 Å². The number of thiophene rings is 1. The Balaban J connectivity index is 1.11. The molecular formula is C50H31NOS. The first kappa shape index (κ1) is 30.0. The summed E-state index contributed by atoms with van der Waals surface area (Å²) in [7, 11) is 0. The Morgan fingerprint density at radius 3 is 1.87 bits per heavy atom. The van der Waals surface area contributed by atoms with Crippen LogP contribution in [0, 0.1) is 0 Å². The fourth-order valence-corrected chi connectivity index (χ4v) is 9.24. The van der Waals surface area contributed by atoms with Gasteiger partial charge in [0.05, 0.1) is 0 Å². The fraction of sp³-hybridized carbons (Fsp3) is 0. The number of hydrogen-bond acceptors (Lipinski definition) is 3. The Labute approximate surface area is 310 Å². The van der Waals surface area contributed by atoms with Gasteiger partial charge in [-0.05, 0) is 104 Å². The van der Waals surface area contributed by atoms with Crippen molar-refractivity contribution in [2.75, 3.05) is 4.90 Å². The van der Waals surface area contributed by atoms with Gasteiger partial charge in [0.15, 0.2) is 0 Å². The maximum absolute atomic E-state index is 6.70.